The quantitative estimate of drug-likeness (QED) is 0.599. The molecule has 84 valence electrons. The third-order valence-corrected chi connectivity index (χ3v) is 5.14. The van der Waals surface area contributed by atoms with Gasteiger partial charge in [-0.15, -0.1) is 11.6 Å². The first-order valence-electron chi connectivity index (χ1n) is 4.36. The number of rotatable bonds is 1. The molecule has 16 heavy (non-hydrogen) atoms. The predicted octanol–water partition coefficient (Wildman–Crippen LogP) is 5.51. The van der Waals surface area contributed by atoms with Crippen LogP contribution in [0.4, 0.5) is 0 Å². The maximum Gasteiger partial charge on any atom is 0.143 e. The molecule has 0 aromatic heterocycles. The van der Waals surface area contributed by atoms with Gasteiger partial charge in [0, 0.05) is 0 Å². The molecule has 0 unspecified atom stereocenters. The average Bonchev–Trinajstić information content (AvgIpc) is 2.47. The summed E-state index contributed by atoms with van der Waals surface area (Å²) in [4.78, 5) is -1.15. The van der Waals surface area contributed by atoms with Crippen LogP contribution in [0, 0.1) is 0 Å². The van der Waals surface area contributed by atoms with Gasteiger partial charge in [-0.1, -0.05) is 76.7 Å². The van der Waals surface area contributed by atoms with Crippen molar-refractivity contribution in [3.8, 4) is 0 Å². The molecule has 0 spiro atoms. The van der Waals surface area contributed by atoms with Crippen LogP contribution in [0.2, 0.25) is 0 Å². The maximum atomic E-state index is 6.44. The van der Waals surface area contributed by atoms with E-state index in [4.69, 9.17) is 58.0 Å². The summed E-state index contributed by atoms with van der Waals surface area (Å²) in [5.41, 5.74) is 0.737. The molecule has 0 saturated heterocycles. The van der Waals surface area contributed by atoms with E-state index in [0.717, 1.165) is 5.56 Å². The molecule has 0 N–H and O–H groups in total. The summed E-state index contributed by atoms with van der Waals surface area (Å²) < 4.78 is 0. The maximum absolute atomic E-state index is 6.44. The van der Waals surface area contributed by atoms with Crippen LogP contribution in [-0.4, -0.2) is 0 Å². The third kappa shape index (κ3) is 1.68. The Morgan fingerprint density at radius 1 is 0.750 bits per heavy atom. The van der Waals surface area contributed by atoms with Gasteiger partial charge in [-0.05, 0) is 5.56 Å². The van der Waals surface area contributed by atoms with Crippen LogP contribution < -0.4 is 0 Å². The van der Waals surface area contributed by atoms with Gasteiger partial charge in [0.2, 0.25) is 0 Å². The van der Waals surface area contributed by atoms with Crippen molar-refractivity contribution in [3.05, 3.63) is 56.0 Å². The Bertz CT molecular complexity index is 462. The molecular formula is C11H5Cl5. The fourth-order valence-corrected chi connectivity index (χ4v) is 3.14. The van der Waals surface area contributed by atoms with Crippen molar-refractivity contribution in [2.75, 3.05) is 0 Å². The van der Waals surface area contributed by atoms with Gasteiger partial charge in [-0.3, -0.25) is 0 Å². The topological polar surface area (TPSA) is 0 Å². The molecule has 1 aliphatic rings. The second-order valence-electron chi connectivity index (χ2n) is 3.28. The lowest BCUT2D eigenvalue weighted by molar-refractivity contribution is 0.947. The molecule has 0 fully saturated rings. The Balaban J connectivity index is 2.65. The summed E-state index contributed by atoms with van der Waals surface area (Å²) in [6.45, 7) is 0. The van der Waals surface area contributed by atoms with E-state index in [1.165, 1.54) is 0 Å². The summed E-state index contributed by atoms with van der Waals surface area (Å²) in [6, 6.07) is 9.19. The van der Waals surface area contributed by atoms with E-state index < -0.39 is 4.87 Å². The van der Waals surface area contributed by atoms with Crippen molar-refractivity contribution in [1.82, 2.24) is 0 Å². The van der Waals surface area contributed by atoms with Crippen LogP contribution in [-0.2, 0) is 4.87 Å². The van der Waals surface area contributed by atoms with Gasteiger partial charge in [0.1, 0.15) is 4.87 Å². The van der Waals surface area contributed by atoms with Crippen molar-refractivity contribution in [2.45, 2.75) is 4.87 Å². The fourth-order valence-electron chi connectivity index (χ4n) is 1.51. The van der Waals surface area contributed by atoms with Gasteiger partial charge in [0.25, 0.3) is 0 Å². The Morgan fingerprint density at radius 2 is 1.19 bits per heavy atom. The first-order chi connectivity index (χ1) is 7.49. The predicted molar refractivity (Wildman–Crippen MR) is 71.4 cm³/mol. The van der Waals surface area contributed by atoms with Crippen LogP contribution in [0.3, 0.4) is 0 Å². The number of hydrogen-bond donors (Lipinski definition) is 0. The zero-order valence-electron chi connectivity index (χ0n) is 7.78. The van der Waals surface area contributed by atoms with E-state index in [2.05, 4.69) is 0 Å². The normalized spacial score (nSPS) is 19.6. The molecule has 0 saturated carbocycles. The van der Waals surface area contributed by atoms with Gasteiger partial charge >= 0.3 is 0 Å². The van der Waals surface area contributed by atoms with Gasteiger partial charge in [0.05, 0.1) is 20.1 Å². The number of benzene rings is 1. The largest absolute Gasteiger partial charge is 0.143 e. The van der Waals surface area contributed by atoms with Crippen molar-refractivity contribution < 1.29 is 0 Å². The van der Waals surface area contributed by atoms with Gasteiger partial charge in [-0.25, -0.2) is 0 Å². The molecule has 1 aromatic carbocycles. The molecule has 0 bridgehead atoms. The van der Waals surface area contributed by atoms with Crippen molar-refractivity contribution >= 4 is 58.0 Å². The minimum absolute atomic E-state index is 0.201. The molecule has 0 radical (unpaired) electrons. The lowest BCUT2D eigenvalue weighted by Crippen LogP contribution is -2.17. The van der Waals surface area contributed by atoms with Crippen LogP contribution in [0.5, 0.6) is 0 Å². The van der Waals surface area contributed by atoms with E-state index in [1.54, 1.807) is 0 Å². The van der Waals surface area contributed by atoms with E-state index in [1.807, 2.05) is 30.3 Å². The molecule has 0 aliphatic heterocycles. The zero-order chi connectivity index (χ0) is 11.9. The first-order valence-corrected chi connectivity index (χ1v) is 6.25. The number of alkyl halides is 1. The van der Waals surface area contributed by atoms with Crippen LogP contribution in [0.25, 0.3) is 0 Å². The highest BCUT2D eigenvalue weighted by atomic mass is 35.5. The van der Waals surface area contributed by atoms with Crippen molar-refractivity contribution in [2.24, 2.45) is 0 Å². The first kappa shape index (κ1) is 12.6. The van der Waals surface area contributed by atoms with Crippen molar-refractivity contribution in [3.63, 3.8) is 0 Å². The summed E-state index contributed by atoms with van der Waals surface area (Å²) in [7, 11) is 0. The Morgan fingerprint density at radius 3 is 1.62 bits per heavy atom. The van der Waals surface area contributed by atoms with E-state index in [0.29, 0.717) is 0 Å². The monoisotopic (exact) mass is 312 g/mol. The number of allylic oxidation sites excluding steroid dienone is 4. The second-order valence-corrected chi connectivity index (χ2v) is 5.36. The average molecular weight is 314 g/mol. The van der Waals surface area contributed by atoms with E-state index >= 15 is 0 Å². The molecule has 1 aliphatic carbocycles. The molecule has 0 heterocycles. The summed E-state index contributed by atoms with van der Waals surface area (Å²) in [5.74, 6) is 0. The van der Waals surface area contributed by atoms with Crippen LogP contribution in [0.1, 0.15) is 5.56 Å². The van der Waals surface area contributed by atoms with Crippen LogP contribution >= 0.6 is 58.0 Å². The third-order valence-electron chi connectivity index (χ3n) is 2.35. The molecular weight excluding hydrogens is 309 g/mol. The molecule has 0 amide bonds. The Labute approximate surface area is 118 Å². The Hall–Kier alpha value is 0.150. The molecule has 2 rings (SSSR count). The van der Waals surface area contributed by atoms with E-state index in [-0.39, 0.29) is 20.1 Å². The summed E-state index contributed by atoms with van der Waals surface area (Å²) in [6.07, 6.45) is 0. The zero-order valence-corrected chi connectivity index (χ0v) is 11.6. The number of halogens is 5. The lowest BCUT2D eigenvalue weighted by atomic mass is 9.99. The molecule has 1 aromatic rings. The summed E-state index contributed by atoms with van der Waals surface area (Å²) >= 11 is 30.5. The van der Waals surface area contributed by atoms with Crippen molar-refractivity contribution in [1.29, 1.82) is 0 Å². The minimum Gasteiger partial charge on any atom is -0.101 e. The minimum atomic E-state index is -1.15. The van der Waals surface area contributed by atoms with Crippen LogP contribution in [0.15, 0.2) is 50.5 Å². The fraction of sp³-hybridized carbons (Fsp3) is 0.0909. The highest BCUT2D eigenvalue weighted by Crippen LogP contribution is 2.57. The van der Waals surface area contributed by atoms with E-state index in [9.17, 15) is 0 Å². The molecule has 5 heteroatoms. The molecule has 0 nitrogen and oxygen atoms in total. The standard InChI is InChI=1S/C11H5Cl5/c12-7-8(13)10(15)11(16,9(7)14)6-4-2-1-3-5-6/h1-5H. The highest BCUT2D eigenvalue weighted by molar-refractivity contribution is 6.58. The van der Waals surface area contributed by atoms with Gasteiger partial charge in [0.15, 0.2) is 0 Å². The second kappa shape index (κ2) is 4.44. The SMILES string of the molecule is ClC1=C(Cl)C(Cl)(c2ccccc2)C(Cl)=C1Cl. The number of hydrogen-bond acceptors (Lipinski definition) is 0. The highest BCUT2D eigenvalue weighted by Gasteiger charge is 2.45. The Kier molecular flexibility index (Phi) is 3.49. The summed E-state index contributed by atoms with van der Waals surface area (Å²) in [5, 5.41) is 0.869. The molecule has 0 atom stereocenters. The van der Waals surface area contributed by atoms with Gasteiger partial charge in [-0.2, -0.15) is 0 Å². The lowest BCUT2D eigenvalue weighted by Gasteiger charge is -2.23. The van der Waals surface area contributed by atoms with Gasteiger partial charge < -0.3 is 0 Å². The smallest absolute Gasteiger partial charge is 0.101 e.